The lowest BCUT2D eigenvalue weighted by atomic mass is 9.85. The lowest BCUT2D eigenvalue weighted by molar-refractivity contribution is 0.349. The minimum Gasteiger partial charge on any atom is -0.317 e. The van der Waals surface area contributed by atoms with Crippen LogP contribution < -0.4 is 5.32 Å². The van der Waals surface area contributed by atoms with Gasteiger partial charge in [0.2, 0.25) is 0 Å². The van der Waals surface area contributed by atoms with Crippen LogP contribution in [0, 0.1) is 6.92 Å². The first kappa shape index (κ1) is 13.5. The molecule has 1 fully saturated rings. The number of nitrogens with one attached hydrogen (secondary N) is 1. The summed E-state index contributed by atoms with van der Waals surface area (Å²) in [6, 6.07) is 2.81. The van der Waals surface area contributed by atoms with Crippen molar-refractivity contribution in [3.05, 3.63) is 23.3 Å². The maximum atomic E-state index is 4.78. The van der Waals surface area contributed by atoms with Gasteiger partial charge in [-0.25, -0.2) is 9.97 Å². The van der Waals surface area contributed by atoms with Crippen LogP contribution in [0.25, 0.3) is 0 Å². The Kier molecular flexibility index (Phi) is 4.33. The Morgan fingerprint density at radius 1 is 1.17 bits per heavy atom. The van der Waals surface area contributed by atoms with Crippen molar-refractivity contribution in [1.29, 1.82) is 0 Å². The predicted octanol–water partition coefficient (Wildman–Crippen LogP) is 3.15. The average molecular weight is 247 g/mol. The van der Waals surface area contributed by atoms with Crippen LogP contribution in [0.3, 0.4) is 0 Å². The van der Waals surface area contributed by atoms with E-state index in [0.29, 0.717) is 17.9 Å². The molecule has 1 saturated carbocycles. The molecule has 18 heavy (non-hydrogen) atoms. The van der Waals surface area contributed by atoms with E-state index in [2.05, 4.69) is 44.2 Å². The highest BCUT2D eigenvalue weighted by Gasteiger charge is 2.23. The summed E-state index contributed by atoms with van der Waals surface area (Å²) in [5, 5.41) is 3.38. The van der Waals surface area contributed by atoms with Crippen LogP contribution in [0.1, 0.15) is 68.6 Å². The van der Waals surface area contributed by atoms with Gasteiger partial charge < -0.3 is 5.32 Å². The summed E-state index contributed by atoms with van der Waals surface area (Å²) >= 11 is 0. The second-order valence-corrected chi connectivity index (χ2v) is 5.78. The number of rotatable bonds is 3. The van der Waals surface area contributed by atoms with E-state index in [1.807, 2.05) is 0 Å². The largest absolute Gasteiger partial charge is 0.317 e. The SMILES string of the molecule is CNC1CCC(c2nc(C)cc(C(C)C)n2)CC1. The Balaban J connectivity index is 2.13. The Hall–Kier alpha value is -0.960. The van der Waals surface area contributed by atoms with Gasteiger partial charge in [0.05, 0.1) is 0 Å². The minimum absolute atomic E-state index is 0.485. The summed E-state index contributed by atoms with van der Waals surface area (Å²) in [6.45, 7) is 6.48. The quantitative estimate of drug-likeness (QED) is 0.891. The zero-order chi connectivity index (χ0) is 13.1. The van der Waals surface area contributed by atoms with E-state index >= 15 is 0 Å². The lowest BCUT2D eigenvalue weighted by Gasteiger charge is -2.27. The van der Waals surface area contributed by atoms with Crippen LogP contribution in [-0.2, 0) is 0 Å². The third kappa shape index (κ3) is 3.08. The molecule has 1 aliphatic carbocycles. The van der Waals surface area contributed by atoms with Crippen LogP contribution in [0.5, 0.6) is 0 Å². The molecule has 1 aliphatic rings. The van der Waals surface area contributed by atoms with Crippen molar-refractivity contribution in [1.82, 2.24) is 15.3 Å². The van der Waals surface area contributed by atoms with Gasteiger partial charge in [-0.3, -0.25) is 0 Å². The van der Waals surface area contributed by atoms with Crippen molar-refractivity contribution >= 4 is 0 Å². The van der Waals surface area contributed by atoms with Gasteiger partial charge in [0.25, 0.3) is 0 Å². The van der Waals surface area contributed by atoms with E-state index in [0.717, 1.165) is 11.5 Å². The first-order chi connectivity index (χ1) is 8.60. The molecule has 0 unspecified atom stereocenters. The lowest BCUT2D eigenvalue weighted by Crippen LogP contribution is -2.30. The molecule has 0 spiro atoms. The molecule has 3 heteroatoms. The number of aryl methyl sites for hydroxylation is 1. The van der Waals surface area contributed by atoms with Gasteiger partial charge in [-0.2, -0.15) is 0 Å². The van der Waals surface area contributed by atoms with Gasteiger partial charge in [-0.1, -0.05) is 13.8 Å². The summed E-state index contributed by atoms with van der Waals surface area (Å²) in [7, 11) is 2.06. The van der Waals surface area contributed by atoms with Crippen LogP contribution >= 0.6 is 0 Å². The Bertz CT molecular complexity index is 393. The number of nitrogens with zero attached hydrogens (tertiary/aromatic N) is 2. The van der Waals surface area contributed by atoms with E-state index in [1.165, 1.54) is 31.4 Å². The minimum atomic E-state index is 0.485. The molecule has 0 atom stereocenters. The predicted molar refractivity (Wildman–Crippen MR) is 74.9 cm³/mol. The van der Waals surface area contributed by atoms with Gasteiger partial charge in [-0.05, 0) is 51.6 Å². The zero-order valence-electron chi connectivity index (χ0n) is 12.0. The molecule has 0 amide bonds. The molecule has 0 aliphatic heterocycles. The van der Waals surface area contributed by atoms with Crippen LogP contribution in [-0.4, -0.2) is 23.1 Å². The molecule has 0 radical (unpaired) electrons. The molecule has 100 valence electrons. The maximum Gasteiger partial charge on any atom is 0.131 e. The van der Waals surface area contributed by atoms with Crippen molar-refractivity contribution in [3.8, 4) is 0 Å². The fraction of sp³-hybridized carbons (Fsp3) is 0.733. The zero-order valence-corrected chi connectivity index (χ0v) is 12.0. The van der Waals surface area contributed by atoms with Crippen LogP contribution in [0.4, 0.5) is 0 Å². The molecule has 1 N–H and O–H groups in total. The highest BCUT2D eigenvalue weighted by molar-refractivity contribution is 5.15. The fourth-order valence-electron chi connectivity index (χ4n) is 2.74. The van der Waals surface area contributed by atoms with Crippen molar-refractivity contribution in [2.24, 2.45) is 0 Å². The number of hydrogen-bond acceptors (Lipinski definition) is 3. The van der Waals surface area contributed by atoms with E-state index in [1.54, 1.807) is 0 Å². The molecule has 1 aromatic rings. The van der Waals surface area contributed by atoms with Gasteiger partial charge in [0.1, 0.15) is 5.82 Å². The molecule has 2 rings (SSSR count). The molecule has 0 saturated heterocycles. The fourth-order valence-corrected chi connectivity index (χ4v) is 2.74. The summed E-state index contributed by atoms with van der Waals surface area (Å²) in [5.41, 5.74) is 2.30. The van der Waals surface area contributed by atoms with E-state index < -0.39 is 0 Å². The molecule has 1 aromatic heterocycles. The standard InChI is InChI=1S/C15H25N3/c1-10(2)14-9-11(3)17-15(18-14)12-5-7-13(16-4)8-6-12/h9-10,12-13,16H,5-8H2,1-4H3. The van der Waals surface area contributed by atoms with Gasteiger partial charge in [0, 0.05) is 23.3 Å². The van der Waals surface area contributed by atoms with E-state index in [9.17, 15) is 0 Å². The Labute approximate surface area is 110 Å². The summed E-state index contributed by atoms with van der Waals surface area (Å²) in [6.07, 6.45) is 4.92. The van der Waals surface area contributed by atoms with Gasteiger partial charge in [-0.15, -0.1) is 0 Å². The second kappa shape index (κ2) is 5.79. The summed E-state index contributed by atoms with van der Waals surface area (Å²) in [5.74, 6) is 2.12. The van der Waals surface area contributed by atoms with Crippen molar-refractivity contribution in [2.45, 2.75) is 64.3 Å². The monoisotopic (exact) mass is 247 g/mol. The Morgan fingerprint density at radius 3 is 2.39 bits per heavy atom. The van der Waals surface area contributed by atoms with Gasteiger partial charge in [0.15, 0.2) is 0 Å². The topological polar surface area (TPSA) is 37.8 Å². The molecule has 3 nitrogen and oxygen atoms in total. The maximum absolute atomic E-state index is 4.78. The van der Waals surface area contributed by atoms with Crippen molar-refractivity contribution in [3.63, 3.8) is 0 Å². The van der Waals surface area contributed by atoms with Crippen LogP contribution in [0.2, 0.25) is 0 Å². The van der Waals surface area contributed by atoms with E-state index in [4.69, 9.17) is 4.98 Å². The highest BCUT2D eigenvalue weighted by atomic mass is 14.9. The van der Waals surface area contributed by atoms with Gasteiger partial charge >= 0.3 is 0 Å². The third-order valence-electron chi connectivity index (χ3n) is 3.98. The third-order valence-corrected chi connectivity index (χ3v) is 3.98. The summed E-state index contributed by atoms with van der Waals surface area (Å²) in [4.78, 5) is 9.44. The average Bonchev–Trinajstić information content (AvgIpc) is 2.38. The highest BCUT2D eigenvalue weighted by Crippen LogP contribution is 2.31. The number of aromatic nitrogens is 2. The summed E-state index contributed by atoms with van der Waals surface area (Å²) < 4.78 is 0. The molecular weight excluding hydrogens is 222 g/mol. The number of hydrogen-bond donors (Lipinski definition) is 1. The van der Waals surface area contributed by atoms with Crippen LogP contribution in [0.15, 0.2) is 6.07 Å². The molecular formula is C15H25N3. The first-order valence-electron chi connectivity index (χ1n) is 7.13. The molecule has 0 aromatic carbocycles. The first-order valence-corrected chi connectivity index (χ1v) is 7.13. The normalized spacial score (nSPS) is 24.5. The van der Waals surface area contributed by atoms with Crippen molar-refractivity contribution < 1.29 is 0 Å². The Morgan fingerprint density at radius 2 is 1.83 bits per heavy atom. The van der Waals surface area contributed by atoms with Crippen molar-refractivity contribution in [2.75, 3.05) is 7.05 Å². The second-order valence-electron chi connectivity index (χ2n) is 5.78. The molecule has 0 bridgehead atoms. The molecule has 1 heterocycles. The smallest absolute Gasteiger partial charge is 0.131 e. The van der Waals surface area contributed by atoms with E-state index in [-0.39, 0.29) is 0 Å².